The lowest BCUT2D eigenvalue weighted by molar-refractivity contribution is -0.385. The quantitative estimate of drug-likeness (QED) is 0.0520. The molecule has 2 aromatic rings. The van der Waals surface area contributed by atoms with Gasteiger partial charge in [0.25, 0.3) is 5.69 Å². The first-order valence-electron chi connectivity index (χ1n) is 23.4. The summed E-state index contributed by atoms with van der Waals surface area (Å²) < 4.78 is 17.6. The van der Waals surface area contributed by atoms with Crippen LogP contribution < -0.4 is 10.6 Å². The highest BCUT2D eigenvalue weighted by molar-refractivity contribution is 8.76. The van der Waals surface area contributed by atoms with E-state index in [0.717, 1.165) is 0 Å². The molecule has 1 aliphatic rings. The van der Waals surface area contributed by atoms with Gasteiger partial charge in [-0.05, 0) is 66.9 Å². The number of carbonyl (C=O) groups excluding carboxylic acids is 5. The number of methoxy groups -OCH3 is 2. The number of nitrogens with one attached hydrogen (secondary N) is 2. The maximum Gasteiger partial charge on any atom is 0.410 e. The molecule has 0 spiro atoms. The Morgan fingerprint density at radius 1 is 0.926 bits per heavy atom. The minimum Gasteiger partial charge on any atom is -0.448 e. The standard InChI is InChI=1S/C48H75N7O11S2/c1-14-30(6)42(37(64-12)25-39(56)54-24-18-21-36(54)44(65-13)32(8)45(58)50-33(9)43(57)34-19-16-15-17-20-34)52(10)47(60)40(28(2)3)51-46(59)41(29(4)5)53(11)48(61)66-27-31(7)67-68-38-23-22-35(26-49-38)55(62)63/h15-17,19-20,22-23,26,28-33,36-37,40-44,57H,14,18,21,24-25,27H2,1-13H3,(H,50,58)(H,51,59)/t30-,31-,32+,33+,36-,37+,40-,41-,42-,43+,44+/m0/s1. The first kappa shape index (κ1) is 57.8. The van der Waals surface area contributed by atoms with Gasteiger partial charge in [-0.1, -0.05) is 96.0 Å². The van der Waals surface area contributed by atoms with Gasteiger partial charge in [-0.15, -0.1) is 0 Å². The molecule has 0 bridgehead atoms. The van der Waals surface area contributed by atoms with E-state index < -0.39 is 71.4 Å². The highest BCUT2D eigenvalue weighted by Gasteiger charge is 2.44. The summed E-state index contributed by atoms with van der Waals surface area (Å²) in [6.07, 6.45) is 0.112. The van der Waals surface area contributed by atoms with Crippen molar-refractivity contribution in [2.45, 2.75) is 147 Å². The molecule has 18 nitrogen and oxygen atoms in total. The highest BCUT2D eigenvalue weighted by atomic mass is 33.1. The zero-order chi connectivity index (χ0) is 51.0. The van der Waals surface area contributed by atoms with Crippen LogP contribution in [0, 0.1) is 33.8 Å². The molecule has 11 atom stereocenters. The number of hydrogen-bond donors (Lipinski definition) is 3. The van der Waals surface area contributed by atoms with E-state index in [9.17, 15) is 39.2 Å². The molecule has 1 fully saturated rings. The van der Waals surface area contributed by atoms with Crippen LogP contribution in [0.25, 0.3) is 0 Å². The van der Waals surface area contributed by atoms with E-state index in [1.54, 1.807) is 62.7 Å². The van der Waals surface area contributed by atoms with E-state index >= 15 is 0 Å². The molecule has 0 aliphatic carbocycles. The van der Waals surface area contributed by atoms with Crippen molar-refractivity contribution in [3.63, 3.8) is 0 Å². The van der Waals surface area contributed by atoms with Gasteiger partial charge >= 0.3 is 6.09 Å². The molecule has 1 aromatic carbocycles. The number of aliphatic hydroxyl groups excluding tert-OH is 1. The number of likely N-dealkylation sites (tertiary alicyclic amines) is 1. The van der Waals surface area contributed by atoms with Crippen molar-refractivity contribution >= 4 is 57.0 Å². The number of rotatable bonds is 26. The maximum absolute atomic E-state index is 14.6. The average Bonchev–Trinajstić information content (AvgIpc) is 3.80. The summed E-state index contributed by atoms with van der Waals surface area (Å²) in [6, 6.07) is 8.48. The summed E-state index contributed by atoms with van der Waals surface area (Å²) in [5.41, 5.74) is 0.569. The Morgan fingerprint density at radius 2 is 1.59 bits per heavy atom. The van der Waals surface area contributed by atoms with Crippen molar-refractivity contribution in [3.05, 3.63) is 64.3 Å². The topological polar surface area (TPSA) is 223 Å². The third-order valence-electron chi connectivity index (χ3n) is 12.7. The lowest BCUT2D eigenvalue weighted by Gasteiger charge is -2.41. The summed E-state index contributed by atoms with van der Waals surface area (Å²) in [4.78, 5) is 89.0. The predicted molar refractivity (Wildman–Crippen MR) is 263 cm³/mol. The Bertz CT molecular complexity index is 1950. The van der Waals surface area contributed by atoms with Gasteiger partial charge in [-0.25, -0.2) is 9.78 Å². The molecule has 1 aliphatic heterocycles. The predicted octanol–water partition coefficient (Wildman–Crippen LogP) is 6.51. The number of benzene rings is 1. The minimum absolute atomic E-state index is 0.0146. The molecular formula is C48H75N7O11S2. The van der Waals surface area contributed by atoms with Gasteiger partial charge in [-0.2, -0.15) is 0 Å². The SMILES string of the molecule is CC[C@H](C)[C@@H]([C@@H](CC(=O)N1CCC[C@H]1[C@H](OC)[C@@H](C)C(=O)N[C@H](C)[C@@H](O)c1ccccc1)OC)N(C)C(=O)[C@@H](NC(=O)[C@H](C(C)C)N(C)C(=O)OC[C@H](C)SSc1ccc([N+](=O)[O-])cn1)C(C)C. The van der Waals surface area contributed by atoms with Crippen LogP contribution in [0.5, 0.6) is 0 Å². The number of amides is 5. The van der Waals surface area contributed by atoms with Crippen LogP contribution in [0.4, 0.5) is 10.5 Å². The Labute approximate surface area is 410 Å². The Balaban J connectivity index is 1.70. The maximum atomic E-state index is 14.6. The molecule has 5 amide bonds. The fourth-order valence-electron chi connectivity index (χ4n) is 8.67. The number of carbonyl (C=O) groups is 5. The smallest absolute Gasteiger partial charge is 0.410 e. The second-order valence-corrected chi connectivity index (χ2v) is 21.1. The van der Waals surface area contributed by atoms with Crippen LogP contribution in [0.1, 0.15) is 99.7 Å². The van der Waals surface area contributed by atoms with Crippen molar-refractivity contribution in [3.8, 4) is 0 Å². The summed E-state index contributed by atoms with van der Waals surface area (Å²) in [7, 11) is 8.84. The Morgan fingerprint density at radius 3 is 2.13 bits per heavy atom. The van der Waals surface area contributed by atoms with E-state index in [4.69, 9.17) is 14.2 Å². The molecule has 20 heteroatoms. The summed E-state index contributed by atoms with van der Waals surface area (Å²) >= 11 is 0. The minimum atomic E-state index is -0.992. The van der Waals surface area contributed by atoms with Crippen LogP contribution in [-0.4, -0.2) is 149 Å². The summed E-state index contributed by atoms with van der Waals surface area (Å²) in [5, 5.41) is 28.1. The lowest BCUT2D eigenvalue weighted by Crippen LogP contribution is -2.60. The third-order valence-corrected chi connectivity index (χ3v) is 15.5. The number of aromatic nitrogens is 1. The van der Waals surface area contributed by atoms with Gasteiger partial charge in [-0.3, -0.25) is 34.2 Å². The molecule has 1 aromatic heterocycles. The molecule has 2 heterocycles. The first-order valence-corrected chi connectivity index (χ1v) is 25.6. The average molecular weight is 990 g/mol. The van der Waals surface area contributed by atoms with Crippen molar-refractivity contribution in [2.24, 2.45) is 23.7 Å². The number of likely N-dealkylation sites (N-methyl/N-ethyl adjacent to an activating group) is 2. The highest BCUT2D eigenvalue weighted by Crippen LogP contribution is 2.34. The summed E-state index contributed by atoms with van der Waals surface area (Å²) in [5.74, 6) is -2.92. The fraction of sp³-hybridized carbons (Fsp3) is 0.667. The van der Waals surface area contributed by atoms with Gasteiger partial charge in [0, 0.05) is 46.2 Å². The zero-order valence-corrected chi connectivity index (χ0v) is 43.6. The molecule has 68 heavy (non-hydrogen) atoms. The van der Waals surface area contributed by atoms with Crippen LogP contribution in [0.2, 0.25) is 0 Å². The second kappa shape index (κ2) is 27.6. The molecule has 0 unspecified atom stereocenters. The second-order valence-electron chi connectivity index (χ2n) is 18.5. The van der Waals surface area contributed by atoms with E-state index in [1.165, 1.54) is 60.0 Å². The van der Waals surface area contributed by atoms with E-state index in [0.29, 0.717) is 36.4 Å². The number of ether oxygens (including phenoxy) is 3. The Hall–Kier alpha value is -4.50. The van der Waals surface area contributed by atoms with Crippen molar-refractivity contribution < 1.29 is 48.2 Å². The lowest BCUT2D eigenvalue weighted by atomic mass is 9.89. The number of aliphatic hydroxyl groups is 1. The van der Waals surface area contributed by atoms with E-state index in [-0.39, 0.29) is 59.4 Å². The fourth-order valence-corrected chi connectivity index (χ4v) is 10.5. The van der Waals surface area contributed by atoms with Gasteiger partial charge < -0.3 is 39.8 Å². The van der Waals surface area contributed by atoms with Gasteiger partial charge in [0.1, 0.15) is 29.9 Å². The number of hydrogen-bond acceptors (Lipinski definition) is 14. The van der Waals surface area contributed by atoms with Crippen molar-refractivity contribution in [1.29, 1.82) is 0 Å². The Kier molecular flexibility index (Phi) is 23.5. The van der Waals surface area contributed by atoms with Crippen molar-refractivity contribution in [1.82, 2.24) is 30.3 Å². The van der Waals surface area contributed by atoms with Crippen molar-refractivity contribution in [2.75, 3.05) is 41.5 Å². The first-order chi connectivity index (χ1) is 32.1. The van der Waals surface area contributed by atoms with Crippen LogP contribution in [0.3, 0.4) is 0 Å². The molecule has 3 N–H and O–H groups in total. The zero-order valence-electron chi connectivity index (χ0n) is 41.9. The molecular weight excluding hydrogens is 915 g/mol. The van der Waals surface area contributed by atoms with Gasteiger partial charge in [0.2, 0.25) is 23.6 Å². The van der Waals surface area contributed by atoms with Gasteiger partial charge in [0.15, 0.2) is 0 Å². The normalized spacial score (nSPS) is 18.3. The molecule has 0 saturated carbocycles. The third kappa shape index (κ3) is 15.8. The number of nitro groups is 1. The van der Waals surface area contributed by atoms with E-state index in [1.807, 2.05) is 52.8 Å². The van der Waals surface area contributed by atoms with Crippen LogP contribution >= 0.6 is 21.6 Å². The van der Waals surface area contributed by atoms with Crippen LogP contribution in [-0.2, 0) is 33.4 Å². The molecule has 0 radical (unpaired) electrons. The molecule has 1 saturated heterocycles. The molecule has 3 rings (SSSR count). The van der Waals surface area contributed by atoms with Crippen LogP contribution in [0.15, 0.2) is 53.7 Å². The van der Waals surface area contributed by atoms with Gasteiger partial charge in [0.05, 0.1) is 53.7 Å². The van der Waals surface area contributed by atoms with E-state index in [2.05, 4.69) is 15.6 Å². The molecule has 380 valence electrons. The number of pyridine rings is 1. The monoisotopic (exact) mass is 989 g/mol. The largest absolute Gasteiger partial charge is 0.448 e. The number of nitrogens with zero attached hydrogens (tertiary/aromatic N) is 5. The summed E-state index contributed by atoms with van der Waals surface area (Å²) in [6.45, 7) is 17.0.